The lowest BCUT2D eigenvalue weighted by Crippen LogP contribution is -2.17. The molecule has 0 saturated heterocycles. The van der Waals surface area contributed by atoms with Crippen molar-refractivity contribution in [2.75, 3.05) is 0 Å². The molecule has 0 heterocycles. The van der Waals surface area contributed by atoms with Crippen molar-refractivity contribution < 1.29 is 0 Å². The van der Waals surface area contributed by atoms with Crippen LogP contribution in [0.4, 0.5) is 0 Å². The van der Waals surface area contributed by atoms with Gasteiger partial charge in [0.25, 0.3) is 0 Å². The predicted octanol–water partition coefficient (Wildman–Crippen LogP) is 4.56. The first kappa shape index (κ1) is 10.7. The molecule has 1 aliphatic rings. The van der Waals surface area contributed by atoms with E-state index in [0.717, 1.165) is 5.92 Å². The van der Waals surface area contributed by atoms with Gasteiger partial charge < -0.3 is 0 Å². The maximum absolute atomic E-state index is 2.40. The highest BCUT2D eigenvalue weighted by Gasteiger charge is 2.28. The van der Waals surface area contributed by atoms with E-state index in [1.165, 1.54) is 24.8 Å². The summed E-state index contributed by atoms with van der Waals surface area (Å²) in [4.78, 5) is 0. The van der Waals surface area contributed by atoms with E-state index >= 15 is 0 Å². The average molecular weight is 202 g/mol. The van der Waals surface area contributed by atoms with Crippen LogP contribution in [0.15, 0.2) is 18.2 Å². The SMILES string of the molecule is Cc1ccc2c(c1)C(C)(C)CCC[C@@H]2C. The third kappa shape index (κ3) is 1.95. The number of rotatable bonds is 0. The summed E-state index contributed by atoms with van der Waals surface area (Å²) in [6, 6.07) is 7.01. The summed E-state index contributed by atoms with van der Waals surface area (Å²) in [6.45, 7) is 9.36. The van der Waals surface area contributed by atoms with Crippen molar-refractivity contribution >= 4 is 0 Å². The minimum atomic E-state index is 0.367. The molecule has 0 aliphatic heterocycles. The van der Waals surface area contributed by atoms with Crippen LogP contribution in [0.5, 0.6) is 0 Å². The molecule has 1 aromatic rings. The van der Waals surface area contributed by atoms with Crippen molar-refractivity contribution in [2.45, 2.75) is 58.3 Å². The molecule has 0 saturated carbocycles. The summed E-state index contributed by atoms with van der Waals surface area (Å²) in [5, 5.41) is 0. The second kappa shape index (κ2) is 3.66. The van der Waals surface area contributed by atoms with Crippen LogP contribution in [0.2, 0.25) is 0 Å². The minimum absolute atomic E-state index is 0.367. The van der Waals surface area contributed by atoms with E-state index in [1.807, 2.05) is 0 Å². The van der Waals surface area contributed by atoms with Crippen molar-refractivity contribution in [2.24, 2.45) is 0 Å². The van der Waals surface area contributed by atoms with Gasteiger partial charge in [0.15, 0.2) is 0 Å². The Morgan fingerprint density at radius 3 is 2.73 bits per heavy atom. The van der Waals surface area contributed by atoms with Crippen LogP contribution in [-0.4, -0.2) is 0 Å². The normalized spacial score (nSPS) is 24.4. The molecular weight excluding hydrogens is 180 g/mol. The third-order valence-electron chi connectivity index (χ3n) is 3.91. The second-order valence-corrected chi connectivity index (χ2v) is 5.77. The van der Waals surface area contributed by atoms with Gasteiger partial charge in [0.1, 0.15) is 0 Å². The van der Waals surface area contributed by atoms with Gasteiger partial charge in [0.05, 0.1) is 0 Å². The largest absolute Gasteiger partial charge is 0.0590 e. The zero-order valence-corrected chi connectivity index (χ0v) is 10.4. The zero-order chi connectivity index (χ0) is 11.1. The molecule has 0 N–H and O–H groups in total. The van der Waals surface area contributed by atoms with E-state index < -0.39 is 0 Å². The second-order valence-electron chi connectivity index (χ2n) is 5.77. The molecule has 0 bridgehead atoms. The van der Waals surface area contributed by atoms with Gasteiger partial charge in [-0.3, -0.25) is 0 Å². The van der Waals surface area contributed by atoms with Gasteiger partial charge in [-0.05, 0) is 42.2 Å². The van der Waals surface area contributed by atoms with Crippen LogP contribution in [0, 0.1) is 6.92 Å². The van der Waals surface area contributed by atoms with E-state index in [9.17, 15) is 0 Å². The van der Waals surface area contributed by atoms with Gasteiger partial charge >= 0.3 is 0 Å². The Kier molecular flexibility index (Phi) is 2.62. The number of fused-ring (bicyclic) bond motifs is 1. The first-order valence-corrected chi connectivity index (χ1v) is 6.12. The Hall–Kier alpha value is -0.780. The maximum atomic E-state index is 2.40. The topological polar surface area (TPSA) is 0 Å². The Bertz CT molecular complexity index is 360. The molecule has 0 amide bonds. The molecule has 1 aromatic carbocycles. The van der Waals surface area contributed by atoms with Crippen molar-refractivity contribution in [1.29, 1.82) is 0 Å². The Morgan fingerprint density at radius 1 is 1.27 bits per heavy atom. The van der Waals surface area contributed by atoms with Gasteiger partial charge in [-0.1, -0.05) is 51.0 Å². The van der Waals surface area contributed by atoms with E-state index in [1.54, 1.807) is 11.1 Å². The molecular formula is C15H22. The summed E-state index contributed by atoms with van der Waals surface area (Å²) >= 11 is 0. The van der Waals surface area contributed by atoms with Gasteiger partial charge in [-0.15, -0.1) is 0 Å². The molecule has 0 radical (unpaired) electrons. The molecule has 1 atom stereocenters. The lowest BCUT2D eigenvalue weighted by atomic mass is 9.78. The van der Waals surface area contributed by atoms with E-state index in [4.69, 9.17) is 0 Å². The Labute approximate surface area is 93.7 Å². The summed E-state index contributed by atoms with van der Waals surface area (Å²) in [5.41, 5.74) is 4.94. The lowest BCUT2D eigenvalue weighted by Gasteiger charge is -2.26. The third-order valence-corrected chi connectivity index (χ3v) is 3.91. The molecule has 1 aliphatic carbocycles. The molecule has 0 unspecified atom stereocenters. The summed E-state index contributed by atoms with van der Waals surface area (Å²) in [5.74, 6) is 0.738. The van der Waals surface area contributed by atoms with E-state index in [-0.39, 0.29) is 0 Å². The van der Waals surface area contributed by atoms with Gasteiger partial charge in [-0.2, -0.15) is 0 Å². The van der Waals surface area contributed by atoms with Crippen molar-refractivity contribution in [3.05, 3.63) is 34.9 Å². The van der Waals surface area contributed by atoms with Crippen molar-refractivity contribution in [3.8, 4) is 0 Å². The smallest absolute Gasteiger partial charge is 0.0101 e. The molecule has 82 valence electrons. The van der Waals surface area contributed by atoms with Crippen LogP contribution >= 0.6 is 0 Å². The number of aryl methyl sites for hydroxylation is 1. The van der Waals surface area contributed by atoms with Crippen LogP contribution in [0.25, 0.3) is 0 Å². The van der Waals surface area contributed by atoms with Gasteiger partial charge in [0.2, 0.25) is 0 Å². The maximum Gasteiger partial charge on any atom is -0.0101 e. The molecule has 0 nitrogen and oxygen atoms in total. The molecule has 0 aromatic heterocycles. The fourth-order valence-electron chi connectivity index (χ4n) is 2.83. The highest BCUT2D eigenvalue weighted by molar-refractivity contribution is 5.39. The van der Waals surface area contributed by atoms with E-state index in [2.05, 4.69) is 45.9 Å². The number of hydrogen-bond donors (Lipinski definition) is 0. The first-order chi connectivity index (χ1) is 7.00. The van der Waals surface area contributed by atoms with Crippen LogP contribution in [-0.2, 0) is 5.41 Å². The summed E-state index contributed by atoms with van der Waals surface area (Å²) in [7, 11) is 0. The molecule has 0 fully saturated rings. The molecule has 0 heteroatoms. The summed E-state index contributed by atoms with van der Waals surface area (Å²) in [6.07, 6.45) is 4.04. The van der Waals surface area contributed by atoms with Gasteiger partial charge in [-0.25, -0.2) is 0 Å². The fraction of sp³-hybridized carbons (Fsp3) is 0.600. The molecule has 2 rings (SSSR count). The molecule has 15 heavy (non-hydrogen) atoms. The van der Waals surface area contributed by atoms with E-state index in [0.29, 0.717) is 5.41 Å². The average Bonchev–Trinajstić information content (AvgIpc) is 2.26. The standard InChI is InChI=1S/C15H22/c1-11-7-8-13-12(2)6-5-9-15(3,4)14(13)10-11/h7-8,10,12H,5-6,9H2,1-4H3/t12-/m0/s1. The first-order valence-electron chi connectivity index (χ1n) is 6.12. The Morgan fingerprint density at radius 2 is 2.00 bits per heavy atom. The van der Waals surface area contributed by atoms with Crippen molar-refractivity contribution in [3.63, 3.8) is 0 Å². The van der Waals surface area contributed by atoms with Crippen LogP contribution in [0.1, 0.15) is 62.6 Å². The summed E-state index contributed by atoms with van der Waals surface area (Å²) < 4.78 is 0. The minimum Gasteiger partial charge on any atom is -0.0590 e. The number of hydrogen-bond acceptors (Lipinski definition) is 0. The van der Waals surface area contributed by atoms with Gasteiger partial charge in [0, 0.05) is 0 Å². The lowest BCUT2D eigenvalue weighted by molar-refractivity contribution is 0.464. The zero-order valence-electron chi connectivity index (χ0n) is 10.4. The van der Waals surface area contributed by atoms with Crippen LogP contribution in [0.3, 0.4) is 0 Å². The Balaban J connectivity index is 2.57. The van der Waals surface area contributed by atoms with Crippen LogP contribution < -0.4 is 0 Å². The number of benzene rings is 1. The molecule has 0 spiro atoms. The highest BCUT2D eigenvalue weighted by atomic mass is 14.3. The quantitative estimate of drug-likeness (QED) is 0.541. The monoisotopic (exact) mass is 202 g/mol. The van der Waals surface area contributed by atoms with Crippen molar-refractivity contribution in [1.82, 2.24) is 0 Å². The highest BCUT2D eigenvalue weighted by Crippen LogP contribution is 2.40. The fourth-order valence-corrected chi connectivity index (χ4v) is 2.83. The predicted molar refractivity (Wildman–Crippen MR) is 66.5 cm³/mol.